The van der Waals surface area contributed by atoms with Gasteiger partial charge in [0.15, 0.2) is 5.13 Å². The van der Waals surface area contributed by atoms with Crippen LogP contribution in [0.1, 0.15) is 26.4 Å². The summed E-state index contributed by atoms with van der Waals surface area (Å²) in [5.41, 5.74) is -2.39. The monoisotopic (exact) mass is 442 g/mol. The average molecular weight is 442 g/mol. The third-order valence-electron chi connectivity index (χ3n) is 3.75. The number of nitrogens with one attached hydrogen (secondary N) is 1. The molecule has 0 spiro atoms. The number of rotatable bonds is 3. The fraction of sp³-hybridized carbons (Fsp3) is 0.111. The van der Waals surface area contributed by atoms with Crippen LogP contribution in [0.2, 0.25) is 0 Å². The van der Waals surface area contributed by atoms with Gasteiger partial charge in [0, 0.05) is 11.8 Å². The summed E-state index contributed by atoms with van der Waals surface area (Å²) in [7, 11) is 0. The first-order valence-corrected chi connectivity index (χ1v) is 8.74. The highest BCUT2D eigenvalue weighted by Gasteiger charge is 2.32. The molecule has 0 radical (unpaired) electrons. The van der Waals surface area contributed by atoms with E-state index in [-0.39, 0.29) is 27.0 Å². The third-order valence-corrected chi connectivity index (χ3v) is 4.63. The van der Waals surface area contributed by atoms with Crippen LogP contribution in [0.5, 0.6) is 0 Å². The lowest BCUT2D eigenvalue weighted by Gasteiger charge is -2.07. The quantitative estimate of drug-likeness (QED) is 0.554. The van der Waals surface area contributed by atoms with E-state index in [1.54, 1.807) is 6.07 Å². The molecular formula is C18H8F6N4OS. The number of halogens is 6. The number of carbonyl (C=O) groups excluding carboxylic acids is 1. The molecule has 2 aromatic heterocycles. The minimum Gasteiger partial charge on any atom is -0.298 e. The van der Waals surface area contributed by atoms with E-state index in [0.29, 0.717) is 11.3 Å². The molecule has 0 saturated heterocycles. The van der Waals surface area contributed by atoms with Gasteiger partial charge in [0.2, 0.25) is 0 Å². The van der Waals surface area contributed by atoms with E-state index in [0.717, 1.165) is 42.6 Å². The minimum absolute atomic E-state index is 0.0930. The SMILES string of the molecule is N#Cc1sc(NC(=O)c2ccc(C(F)(F)F)cc2)nc1-c1cc(C(F)(F)F)ccn1. The van der Waals surface area contributed by atoms with Crippen molar-refractivity contribution >= 4 is 22.4 Å². The van der Waals surface area contributed by atoms with E-state index in [1.165, 1.54) is 0 Å². The minimum atomic E-state index is -4.62. The molecule has 0 aliphatic rings. The number of carbonyl (C=O) groups is 1. The number of nitrogens with zero attached hydrogens (tertiary/aromatic N) is 3. The topological polar surface area (TPSA) is 78.7 Å². The Hall–Kier alpha value is -3.46. The molecule has 0 aliphatic heterocycles. The molecule has 1 N–H and O–H groups in total. The zero-order chi connectivity index (χ0) is 22.1. The Bertz CT molecular complexity index is 1130. The van der Waals surface area contributed by atoms with E-state index in [2.05, 4.69) is 15.3 Å². The van der Waals surface area contributed by atoms with Gasteiger partial charge in [-0.05, 0) is 36.4 Å². The number of hydrogen-bond acceptors (Lipinski definition) is 5. The lowest BCUT2D eigenvalue weighted by molar-refractivity contribution is -0.138. The maximum absolute atomic E-state index is 12.9. The Morgan fingerprint density at radius 3 is 2.20 bits per heavy atom. The summed E-state index contributed by atoms with van der Waals surface area (Å²) in [6.45, 7) is 0. The molecule has 1 aromatic carbocycles. The first-order valence-electron chi connectivity index (χ1n) is 7.92. The zero-order valence-electron chi connectivity index (χ0n) is 14.5. The zero-order valence-corrected chi connectivity index (χ0v) is 15.3. The summed E-state index contributed by atoms with van der Waals surface area (Å²) < 4.78 is 76.5. The molecular weight excluding hydrogens is 434 g/mol. The van der Waals surface area contributed by atoms with Gasteiger partial charge in [-0.25, -0.2) is 4.98 Å². The van der Waals surface area contributed by atoms with E-state index in [1.807, 2.05) is 0 Å². The first-order chi connectivity index (χ1) is 14.0. The molecule has 3 aromatic rings. The molecule has 1 amide bonds. The van der Waals surface area contributed by atoms with Crippen LogP contribution in [-0.2, 0) is 12.4 Å². The van der Waals surface area contributed by atoms with E-state index in [4.69, 9.17) is 0 Å². The van der Waals surface area contributed by atoms with Gasteiger partial charge in [0.25, 0.3) is 5.91 Å². The van der Waals surface area contributed by atoms with Gasteiger partial charge in [0.1, 0.15) is 16.6 Å². The van der Waals surface area contributed by atoms with Crippen molar-refractivity contribution in [2.75, 3.05) is 5.32 Å². The molecule has 5 nitrogen and oxygen atoms in total. The number of alkyl halides is 6. The Morgan fingerprint density at radius 1 is 1.00 bits per heavy atom. The smallest absolute Gasteiger partial charge is 0.298 e. The van der Waals surface area contributed by atoms with Crippen molar-refractivity contribution in [2.24, 2.45) is 0 Å². The Kier molecular flexibility index (Phi) is 5.49. The summed E-state index contributed by atoms with van der Waals surface area (Å²) >= 11 is 0.693. The predicted octanol–water partition coefficient (Wildman–Crippen LogP) is 5.37. The fourth-order valence-corrected chi connectivity index (χ4v) is 3.11. The highest BCUT2D eigenvalue weighted by Crippen LogP contribution is 2.34. The number of benzene rings is 1. The standard InChI is InChI=1S/C18H8F6N4OS/c19-17(20,21)10-3-1-9(2-4-10)15(29)28-16-27-14(13(8-25)30-16)12-7-11(5-6-26-12)18(22,23)24/h1-7H,(H,27,28,29). The lowest BCUT2D eigenvalue weighted by Crippen LogP contribution is -2.12. The number of aromatic nitrogens is 2. The van der Waals surface area contributed by atoms with Crippen LogP contribution in [-0.4, -0.2) is 15.9 Å². The van der Waals surface area contributed by atoms with Gasteiger partial charge in [-0.2, -0.15) is 31.6 Å². The number of anilines is 1. The molecule has 0 unspecified atom stereocenters. The Balaban J connectivity index is 1.87. The molecule has 0 atom stereocenters. The lowest BCUT2D eigenvalue weighted by atomic mass is 10.1. The summed E-state index contributed by atoms with van der Waals surface area (Å²) in [5, 5.41) is 11.4. The number of amides is 1. The molecule has 0 saturated carbocycles. The molecule has 12 heteroatoms. The number of hydrogen-bond donors (Lipinski definition) is 1. The van der Waals surface area contributed by atoms with Crippen molar-refractivity contribution in [3.63, 3.8) is 0 Å². The Morgan fingerprint density at radius 2 is 1.63 bits per heavy atom. The van der Waals surface area contributed by atoms with Crippen molar-refractivity contribution < 1.29 is 31.1 Å². The van der Waals surface area contributed by atoms with Crippen LogP contribution in [0.25, 0.3) is 11.4 Å². The van der Waals surface area contributed by atoms with Crippen LogP contribution >= 0.6 is 11.3 Å². The van der Waals surface area contributed by atoms with E-state index >= 15 is 0 Å². The van der Waals surface area contributed by atoms with Crippen LogP contribution in [0.3, 0.4) is 0 Å². The highest BCUT2D eigenvalue weighted by atomic mass is 32.1. The molecule has 0 fully saturated rings. The van der Waals surface area contributed by atoms with Gasteiger partial charge in [-0.3, -0.25) is 15.1 Å². The second kappa shape index (κ2) is 7.75. The maximum Gasteiger partial charge on any atom is 0.416 e. The number of nitriles is 1. The van der Waals surface area contributed by atoms with E-state index in [9.17, 15) is 36.4 Å². The summed E-state index contributed by atoms with van der Waals surface area (Å²) in [6.07, 6.45) is -8.27. The van der Waals surface area contributed by atoms with Gasteiger partial charge in [-0.1, -0.05) is 11.3 Å². The van der Waals surface area contributed by atoms with Crippen LogP contribution in [0.15, 0.2) is 42.6 Å². The second-order valence-electron chi connectivity index (χ2n) is 5.77. The highest BCUT2D eigenvalue weighted by molar-refractivity contribution is 7.16. The van der Waals surface area contributed by atoms with Gasteiger partial charge < -0.3 is 0 Å². The fourth-order valence-electron chi connectivity index (χ4n) is 2.34. The molecule has 0 bridgehead atoms. The largest absolute Gasteiger partial charge is 0.416 e. The predicted molar refractivity (Wildman–Crippen MR) is 94.5 cm³/mol. The van der Waals surface area contributed by atoms with Crippen LogP contribution in [0, 0.1) is 11.3 Å². The van der Waals surface area contributed by atoms with Gasteiger partial charge in [-0.15, -0.1) is 0 Å². The Labute approximate surface area is 168 Å². The van der Waals surface area contributed by atoms with Gasteiger partial charge >= 0.3 is 12.4 Å². The summed E-state index contributed by atoms with van der Waals surface area (Å²) in [5.74, 6) is -0.800. The van der Waals surface area contributed by atoms with Crippen molar-refractivity contribution in [2.45, 2.75) is 12.4 Å². The first kappa shape index (κ1) is 21.3. The normalized spacial score (nSPS) is 11.8. The molecule has 0 aliphatic carbocycles. The molecule has 2 heterocycles. The van der Waals surface area contributed by atoms with Gasteiger partial charge in [0.05, 0.1) is 16.8 Å². The van der Waals surface area contributed by atoms with Crippen LogP contribution in [0.4, 0.5) is 31.5 Å². The maximum atomic E-state index is 12.9. The molecule has 30 heavy (non-hydrogen) atoms. The van der Waals surface area contributed by atoms with Crippen molar-refractivity contribution in [1.82, 2.24) is 9.97 Å². The number of thiazole rings is 1. The molecule has 3 rings (SSSR count). The van der Waals surface area contributed by atoms with Crippen molar-refractivity contribution in [3.05, 3.63) is 64.2 Å². The van der Waals surface area contributed by atoms with Crippen molar-refractivity contribution in [3.8, 4) is 17.5 Å². The molecule has 154 valence electrons. The van der Waals surface area contributed by atoms with Crippen molar-refractivity contribution in [1.29, 1.82) is 5.26 Å². The van der Waals surface area contributed by atoms with Crippen LogP contribution < -0.4 is 5.32 Å². The third kappa shape index (κ3) is 4.57. The number of pyridine rings is 1. The summed E-state index contributed by atoms with van der Waals surface area (Å²) in [6, 6.07) is 6.64. The van der Waals surface area contributed by atoms with E-state index < -0.39 is 29.4 Å². The average Bonchev–Trinajstić information content (AvgIpc) is 3.09. The summed E-state index contributed by atoms with van der Waals surface area (Å²) in [4.78, 5) is 19.9. The second-order valence-corrected chi connectivity index (χ2v) is 6.76.